The highest BCUT2D eigenvalue weighted by Gasteiger charge is 2.10. The Bertz CT molecular complexity index is 683. The fourth-order valence-corrected chi connectivity index (χ4v) is 1.66. The number of aryl methyl sites for hydroxylation is 1. The lowest BCUT2D eigenvalue weighted by Crippen LogP contribution is -2.33. The first-order valence-corrected chi connectivity index (χ1v) is 5.22. The predicted molar refractivity (Wildman–Crippen MR) is 65.0 cm³/mol. The first-order chi connectivity index (χ1) is 8.02. The van der Waals surface area contributed by atoms with Crippen LogP contribution in [-0.4, -0.2) is 14.5 Å². The molecule has 0 aliphatic rings. The van der Waals surface area contributed by atoms with Crippen molar-refractivity contribution < 1.29 is 0 Å². The van der Waals surface area contributed by atoms with Gasteiger partial charge in [-0.25, -0.2) is 4.79 Å². The molecule has 17 heavy (non-hydrogen) atoms. The van der Waals surface area contributed by atoms with Crippen molar-refractivity contribution in [1.82, 2.24) is 14.5 Å². The van der Waals surface area contributed by atoms with E-state index in [1.165, 1.54) is 13.2 Å². The van der Waals surface area contributed by atoms with Crippen molar-refractivity contribution in [1.29, 1.82) is 0 Å². The summed E-state index contributed by atoms with van der Waals surface area (Å²) in [6, 6.07) is 0. The maximum atomic E-state index is 12.0. The summed E-state index contributed by atoms with van der Waals surface area (Å²) in [5.41, 5.74) is 2.48. The lowest BCUT2D eigenvalue weighted by atomic mass is 10.0. The minimum atomic E-state index is -0.419. The highest BCUT2D eigenvalue weighted by molar-refractivity contribution is 5.65. The molecule has 2 aromatic heterocycles. The van der Waals surface area contributed by atoms with E-state index < -0.39 is 5.69 Å². The van der Waals surface area contributed by atoms with E-state index in [4.69, 9.17) is 0 Å². The molecule has 2 heterocycles. The Morgan fingerprint density at radius 3 is 2.59 bits per heavy atom. The molecule has 0 atom stereocenters. The maximum absolute atomic E-state index is 12.0. The molecule has 0 spiro atoms. The van der Waals surface area contributed by atoms with Gasteiger partial charge in [-0.3, -0.25) is 14.3 Å². The van der Waals surface area contributed by atoms with Crippen LogP contribution in [0.4, 0.5) is 0 Å². The second-order valence-corrected chi connectivity index (χ2v) is 4.00. The molecule has 0 aliphatic carbocycles. The van der Waals surface area contributed by atoms with E-state index >= 15 is 0 Å². The summed E-state index contributed by atoms with van der Waals surface area (Å²) in [5, 5.41) is 0. The van der Waals surface area contributed by atoms with Gasteiger partial charge in [0.05, 0.1) is 5.56 Å². The molecule has 5 nitrogen and oxygen atoms in total. The summed E-state index contributed by atoms with van der Waals surface area (Å²) in [7, 11) is 1.45. The zero-order chi connectivity index (χ0) is 12.6. The molecule has 2 rings (SSSR count). The summed E-state index contributed by atoms with van der Waals surface area (Å²) < 4.78 is 1.05. The smallest absolute Gasteiger partial charge is 0.313 e. The molecule has 1 N–H and O–H groups in total. The SMILES string of the molecule is Cc1cncc(-c2c[nH]c(=O)n(C)c2=O)c1C. The Morgan fingerprint density at radius 2 is 1.88 bits per heavy atom. The topological polar surface area (TPSA) is 67.8 Å². The van der Waals surface area contributed by atoms with Crippen LogP contribution >= 0.6 is 0 Å². The van der Waals surface area contributed by atoms with Crippen molar-refractivity contribution in [3.63, 3.8) is 0 Å². The average molecular weight is 231 g/mol. The van der Waals surface area contributed by atoms with Crippen molar-refractivity contribution in [3.05, 3.63) is 50.6 Å². The van der Waals surface area contributed by atoms with Crippen LogP contribution < -0.4 is 11.2 Å². The molecule has 0 saturated carbocycles. The molecule has 2 aromatic rings. The van der Waals surface area contributed by atoms with Gasteiger partial charge in [-0.1, -0.05) is 0 Å². The lowest BCUT2D eigenvalue weighted by Gasteiger charge is -2.07. The second kappa shape index (κ2) is 4.01. The summed E-state index contributed by atoms with van der Waals surface area (Å²) in [4.78, 5) is 29.8. The van der Waals surface area contributed by atoms with Gasteiger partial charge in [0, 0.05) is 31.2 Å². The number of nitrogens with one attached hydrogen (secondary N) is 1. The van der Waals surface area contributed by atoms with E-state index in [9.17, 15) is 9.59 Å². The van der Waals surface area contributed by atoms with E-state index in [1.807, 2.05) is 13.8 Å². The number of aromatic nitrogens is 3. The number of pyridine rings is 1. The molecule has 0 aromatic carbocycles. The van der Waals surface area contributed by atoms with Gasteiger partial charge in [-0.2, -0.15) is 0 Å². The molecule has 0 unspecified atom stereocenters. The Morgan fingerprint density at radius 1 is 1.18 bits per heavy atom. The second-order valence-electron chi connectivity index (χ2n) is 4.00. The molecular weight excluding hydrogens is 218 g/mol. The molecule has 0 radical (unpaired) electrons. The first-order valence-electron chi connectivity index (χ1n) is 5.22. The summed E-state index contributed by atoms with van der Waals surface area (Å²) >= 11 is 0. The predicted octanol–water partition coefficient (Wildman–Crippen LogP) is 0.752. The number of rotatable bonds is 1. The van der Waals surface area contributed by atoms with Crippen LogP contribution in [0.2, 0.25) is 0 Å². The van der Waals surface area contributed by atoms with Gasteiger partial charge >= 0.3 is 5.69 Å². The highest BCUT2D eigenvalue weighted by Crippen LogP contribution is 2.20. The molecule has 5 heteroatoms. The number of aromatic amines is 1. The number of hydrogen-bond donors (Lipinski definition) is 1. The quantitative estimate of drug-likeness (QED) is 0.787. The largest absolute Gasteiger partial charge is 0.328 e. The van der Waals surface area contributed by atoms with Crippen LogP contribution in [-0.2, 0) is 7.05 Å². The standard InChI is InChI=1S/C12H13N3O2/c1-7-4-13-5-9(8(7)2)10-6-14-12(17)15(3)11(10)16/h4-6H,1-3H3,(H,14,17). The van der Waals surface area contributed by atoms with Gasteiger partial charge in [-0.05, 0) is 25.0 Å². The number of nitrogens with zero attached hydrogens (tertiary/aromatic N) is 2. The van der Waals surface area contributed by atoms with E-state index in [-0.39, 0.29) is 5.56 Å². The van der Waals surface area contributed by atoms with Gasteiger partial charge in [0.25, 0.3) is 5.56 Å². The molecule has 0 aliphatic heterocycles. The third-order valence-electron chi connectivity index (χ3n) is 2.94. The molecule has 0 fully saturated rings. The molecule has 0 saturated heterocycles. The van der Waals surface area contributed by atoms with Gasteiger partial charge in [0.15, 0.2) is 0 Å². The van der Waals surface area contributed by atoms with Crippen LogP contribution in [0.15, 0.2) is 28.2 Å². The van der Waals surface area contributed by atoms with Crippen molar-refractivity contribution in [2.45, 2.75) is 13.8 Å². The van der Waals surface area contributed by atoms with Crippen LogP contribution in [0.25, 0.3) is 11.1 Å². The molecule has 0 amide bonds. The van der Waals surface area contributed by atoms with Crippen molar-refractivity contribution in [2.24, 2.45) is 7.05 Å². The van der Waals surface area contributed by atoms with Crippen LogP contribution in [0.3, 0.4) is 0 Å². The van der Waals surface area contributed by atoms with Crippen LogP contribution in [0, 0.1) is 13.8 Å². The van der Waals surface area contributed by atoms with Gasteiger partial charge in [0.1, 0.15) is 0 Å². The van der Waals surface area contributed by atoms with Crippen LogP contribution in [0.5, 0.6) is 0 Å². The zero-order valence-electron chi connectivity index (χ0n) is 9.94. The van der Waals surface area contributed by atoms with E-state index in [0.717, 1.165) is 21.3 Å². The summed E-state index contributed by atoms with van der Waals surface area (Å²) in [5.74, 6) is 0. The molecular formula is C12H13N3O2. The van der Waals surface area contributed by atoms with Crippen molar-refractivity contribution in [3.8, 4) is 11.1 Å². The normalized spacial score (nSPS) is 10.5. The molecule has 0 bridgehead atoms. The number of H-pyrrole nitrogens is 1. The average Bonchev–Trinajstić information content (AvgIpc) is 2.31. The Labute approximate surface area is 97.8 Å². The Balaban J connectivity index is 2.79. The van der Waals surface area contributed by atoms with Gasteiger partial charge in [-0.15, -0.1) is 0 Å². The first kappa shape index (κ1) is 11.3. The maximum Gasteiger partial charge on any atom is 0.328 e. The van der Waals surface area contributed by atoms with E-state index in [0.29, 0.717) is 5.56 Å². The fraction of sp³-hybridized carbons (Fsp3) is 0.250. The summed E-state index contributed by atoms with van der Waals surface area (Å²) in [6.45, 7) is 3.86. The Hall–Kier alpha value is -2.17. The summed E-state index contributed by atoms with van der Waals surface area (Å²) in [6.07, 6.45) is 4.82. The minimum absolute atomic E-state index is 0.316. The number of hydrogen-bond acceptors (Lipinski definition) is 3. The van der Waals surface area contributed by atoms with E-state index in [1.54, 1.807) is 12.4 Å². The monoisotopic (exact) mass is 231 g/mol. The van der Waals surface area contributed by atoms with Crippen LogP contribution in [0.1, 0.15) is 11.1 Å². The third kappa shape index (κ3) is 1.80. The zero-order valence-corrected chi connectivity index (χ0v) is 9.94. The lowest BCUT2D eigenvalue weighted by molar-refractivity contribution is 0.778. The van der Waals surface area contributed by atoms with Gasteiger partial charge in [0.2, 0.25) is 0 Å². The van der Waals surface area contributed by atoms with Gasteiger partial charge < -0.3 is 4.98 Å². The van der Waals surface area contributed by atoms with Crippen molar-refractivity contribution >= 4 is 0 Å². The fourth-order valence-electron chi connectivity index (χ4n) is 1.66. The Kier molecular flexibility index (Phi) is 2.67. The van der Waals surface area contributed by atoms with Crippen molar-refractivity contribution in [2.75, 3.05) is 0 Å². The third-order valence-corrected chi connectivity index (χ3v) is 2.94. The van der Waals surface area contributed by atoms with E-state index in [2.05, 4.69) is 9.97 Å². The minimum Gasteiger partial charge on any atom is -0.313 e. The molecule has 88 valence electrons. The highest BCUT2D eigenvalue weighted by atomic mass is 16.2.